The summed E-state index contributed by atoms with van der Waals surface area (Å²) in [6, 6.07) is 1.86. The summed E-state index contributed by atoms with van der Waals surface area (Å²) in [5.74, 6) is 1.35. The van der Waals surface area contributed by atoms with Crippen molar-refractivity contribution < 1.29 is 9.53 Å². The van der Waals surface area contributed by atoms with Crippen LogP contribution in [0.2, 0.25) is 0 Å². The van der Waals surface area contributed by atoms with E-state index in [9.17, 15) is 9.59 Å². The van der Waals surface area contributed by atoms with Crippen LogP contribution in [-0.4, -0.2) is 27.8 Å². The Kier molecular flexibility index (Phi) is 5.76. The first-order valence-electron chi connectivity index (χ1n) is 8.28. The van der Waals surface area contributed by atoms with Gasteiger partial charge in [-0.15, -0.1) is 11.3 Å². The van der Waals surface area contributed by atoms with E-state index in [2.05, 4.69) is 9.97 Å². The molecule has 1 aliphatic carbocycles. The summed E-state index contributed by atoms with van der Waals surface area (Å²) in [6.45, 7) is 1.54. The molecule has 0 aromatic carbocycles. The Labute approximate surface area is 153 Å². The molecule has 0 fully saturated rings. The highest BCUT2D eigenvalue weighted by Gasteiger charge is 2.19. The number of esters is 1. The van der Waals surface area contributed by atoms with Crippen molar-refractivity contribution in [2.75, 3.05) is 5.75 Å². The van der Waals surface area contributed by atoms with E-state index in [0.717, 1.165) is 29.5 Å². The van der Waals surface area contributed by atoms with Gasteiger partial charge in [-0.2, -0.15) is 17.0 Å². The van der Waals surface area contributed by atoms with Gasteiger partial charge in [0.1, 0.15) is 16.7 Å². The third kappa shape index (κ3) is 4.22. The van der Waals surface area contributed by atoms with E-state index in [4.69, 9.17) is 10.00 Å². The fourth-order valence-corrected chi connectivity index (χ4v) is 4.95. The number of rotatable bonds is 6. The van der Waals surface area contributed by atoms with Crippen LogP contribution >= 0.6 is 23.1 Å². The number of carbonyl (C=O) groups is 1. The van der Waals surface area contributed by atoms with E-state index in [1.165, 1.54) is 35.5 Å². The Morgan fingerprint density at radius 2 is 2.28 bits per heavy atom. The smallest absolute Gasteiger partial charge is 0.307 e. The monoisotopic (exact) mass is 377 g/mol. The topological polar surface area (TPSA) is 95.8 Å². The highest BCUT2D eigenvalue weighted by atomic mass is 32.2. The molecule has 0 amide bonds. The number of hydrogen-bond acceptors (Lipinski definition) is 7. The molecule has 0 unspecified atom stereocenters. The van der Waals surface area contributed by atoms with Crippen molar-refractivity contribution in [3.8, 4) is 6.07 Å². The zero-order valence-corrected chi connectivity index (χ0v) is 15.6. The Balaban J connectivity index is 1.60. The molecule has 2 heterocycles. The molecule has 132 valence electrons. The number of aromatic amines is 1. The quantitative estimate of drug-likeness (QED) is 0.614. The van der Waals surface area contributed by atoms with E-state index in [1.54, 1.807) is 11.3 Å². The minimum atomic E-state index is -0.720. The van der Waals surface area contributed by atoms with Gasteiger partial charge < -0.3 is 9.72 Å². The first-order valence-corrected chi connectivity index (χ1v) is 10.3. The number of nitrogens with one attached hydrogen (secondary N) is 1. The van der Waals surface area contributed by atoms with Gasteiger partial charge in [0, 0.05) is 10.6 Å². The highest BCUT2D eigenvalue weighted by Crippen LogP contribution is 2.33. The SMILES string of the molecule is C[C@H](C#N)OC(=O)CCSCc1nc2sc3c(c2c(=O)[nH]1)CCCC3. The number of H-pyrrole nitrogens is 1. The largest absolute Gasteiger partial charge is 0.447 e. The van der Waals surface area contributed by atoms with E-state index < -0.39 is 6.10 Å². The lowest BCUT2D eigenvalue weighted by atomic mass is 9.97. The van der Waals surface area contributed by atoms with Crippen molar-refractivity contribution in [1.82, 2.24) is 9.97 Å². The molecule has 0 radical (unpaired) electrons. The minimum Gasteiger partial charge on any atom is -0.447 e. The first kappa shape index (κ1) is 18.0. The summed E-state index contributed by atoms with van der Waals surface area (Å²) in [7, 11) is 0. The van der Waals surface area contributed by atoms with Crippen LogP contribution in [0.3, 0.4) is 0 Å². The van der Waals surface area contributed by atoms with Crippen LogP contribution in [0.4, 0.5) is 0 Å². The Morgan fingerprint density at radius 3 is 3.08 bits per heavy atom. The number of thioether (sulfide) groups is 1. The molecule has 0 aliphatic heterocycles. The van der Waals surface area contributed by atoms with Crippen molar-refractivity contribution in [2.24, 2.45) is 0 Å². The number of nitriles is 1. The second-order valence-electron chi connectivity index (χ2n) is 5.97. The summed E-state index contributed by atoms with van der Waals surface area (Å²) in [4.78, 5) is 33.5. The molecule has 1 N–H and O–H groups in total. The van der Waals surface area contributed by atoms with Crippen molar-refractivity contribution in [3.05, 3.63) is 26.6 Å². The van der Waals surface area contributed by atoms with Crippen molar-refractivity contribution in [3.63, 3.8) is 0 Å². The predicted octanol–water partition coefficient (Wildman–Crippen LogP) is 2.94. The molecular weight excluding hydrogens is 358 g/mol. The molecule has 6 nitrogen and oxygen atoms in total. The summed E-state index contributed by atoms with van der Waals surface area (Å²) >= 11 is 3.15. The number of thiophene rings is 1. The van der Waals surface area contributed by atoms with Crippen LogP contribution < -0.4 is 5.56 Å². The maximum absolute atomic E-state index is 12.4. The van der Waals surface area contributed by atoms with Gasteiger partial charge in [0.2, 0.25) is 0 Å². The zero-order chi connectivity index (χ0) is 17.8. The third-order valence-electron chi connectivity index (χ3n) is 4.05. The van der Waals surface area contributed by atoms with E-state index in [0.29, 0.717) is 17.3 Å². The number of nitrogens with zero attached hydrogens (tertiary/aromatic N) is 2. The normalized spacial score (nSPS) is 14.7. The Morgan fingerprint density at radius 1 is 1.48 bits per heavy atom. The van der Waals surface area contributed by atoms with Crippen LogP contribution in [0.15, 0.2) is 4.79 Å². The van der Waals surface area contributed by atoms with Crippen molar-refractivity contribution in [1.29, 1.82) is 5.26 Å². The van der Waals surface area contributed by atoms with Gasteiger partial charge in [-0.05, 0) is 38.2 Å². The Bertz CT molecular complexity index is 882. The van der Waals surface area contributed by atoms with Gasteiger partial charge >= 0.3 is 5.97 Å². The second kappa shape index (κ2) is 8.02. The minimum absolute atomic E-state index is 0.0535. The number of carbonyl (C=O) groups excluding carboxylic acids is 1. The molecule has 3 rings (SSSR count). The maximum Gasteiger partial charge on any atom is 0.307 e. The van der Waals surface area contributed by atoms with E-state index >= 15 is 0 Å². The zero-order valence-electron chi connectivity index (χ0n) is 14.0. The maximum atomic E-state index is 12.4. The number of fused-ring (bicyclic) bond motifs is 3. The summed E-state index contributed by atoms with van der Waals surface area (Å²) in [5.41, 5.74) is 1.14. The van der Waals surface area contributed by atoms with Crippen molar-refractivity contribution >= 4 is 39.3 Å². The van der Waals surface area contributed by atoms with E-state index in [-0.39, 0.29) is 17.9 Å². The molecule has 8 heteroatoms. The van der Waals surface area contributed by atoms with Gasteiger partial charge in [-0.25, -0.2) is 4.98 Å². The van der Waals surface area contributed by atoms with Crippen LogP contribution in [0.1, 0.15) is 42.5 Å². The fourth-order valence-electron chi connectivity index (χ4n) is 2.88. The lowest BCUT2D eigenvalue weighted by Crippen LogP contribution is -2.14. The van der Waals surface area contributed by atoms with Gasteiger partial charge in [0.15, 0.2) is 6.10 Å². The number of aromatic nitrogens is 2. The second-order valence-corrected chi connectivity index (χ2v) is 8.16. The van der Waals surface area contributed by atoms with Gasteiger partial charge in [-0.1, -0.05) is 0 Å². The predicted molar refractivity (Wildman–Crippen MR) is 98.8 cm³/mol. The van der Waals surface area contributed by atoms with Crippen LogP contribution in [0.5, 0.6) is 0 Å². The molecular formula is C17H19N3O3S2. The average molecular weight is 377 g/mol. The molecule has 0 bridgehead atoms. The molecule has 0 saturated carbocycles. The highest BCUT2D eigenvalue weighted by molar-refractivity contribution is 7.98. The summed E-state index contributed by atoms with van der Waals surface area (Å²) in [6.07, 6.45) is 3.84. The van der Waals surface area contributed by atoms with Crippen molar-refractivity contribution in [2.45, 2.75) is 50.9 Å². The van der Waals surface area contributed by atoms with Crippen LogP contribution in [0, 0.1) is 11.3 Å². The number of aryl methyl sites for hydroxylation is 2. The lowest BCUT2D eigenvalue weighted by molar-refractivity contribution is -0.145. The first-order chi connectivity index (χ1) is 12.1. The van der Waals surface area contributed by atoms with Gasteiger partial charge in [-0.3, -0.25) is 9.59 Å². The van der Waals surface area contributed by atoms with Crippen LogP contribution in [0.25, 0.3) is 10.2 Å². The van der Waals surface area contributed by atoms with E-state index in [1.807, 2.05) is 6.07 Å². The molecule has 25 heavy (non-hydrogen) atoms. The molecule has 1 aliphatic rings. The number of hydrogen-bond donors (Lipinski definition) is 1. The van der Waals surface area contributed by atoms with Gasteiger partial charge in [0.05, 0.1) is 17.6 Å². The fraction of sp³-hybridized carbons (Fsp3) is 0.529. The number of ether oxygens (including phenoxy) is 1. The molecule has 2 aromatic rings. The lowest BCUT2D eigenvalue weighted by Gasteiger charge is -2.09. The molecule has 0 spiro atoms. The average Bonchev–Trinajstić information content (AvgIpc) is 2.97. The Hall–Kier alpha value is -1.85. The molecule has 0 saturated heterocycles. The summed E-state index contributed by atoms with van der Waals surface area (Å²) < 4.78 is 4.89. The molecule has 1 atom stereocenters. The standard InChI is InChI=1S/C17H19N3O3S2/c1-10(8-18)23-14(21)6-7-24-9-13-19-16(22)15-11-4-2-3-5-12(11)25-17(15)20-13/h10H,2-7,9H2,1H3,(H,19,20,22)/t10-/m1/s1. The summed E-state index contributed by atoms with van der Waals surface area (Å²) in [5, 5.41) is 9.37. The van der Waals surface area contributed by atoms with Crippen LogP contribution in [-0.2, 0) is 28.1 Å². The van der Waals surface area contributed by atoms with Gasteiger partial charge in [0.25, 0.3) is 5.56 Å². The third-order valence-corrected chi connectivity index (χ3v) is 6.21. The molecule has 2 aromatic heterocycles.